The third kappa shape index (κ3) is 4.97. The molecule has 3 heteroatoms. The van der Waals surface area contributed by atoms with E-state index in [0.717, 1.165) is 30.3 Å². The number of para-hydroxylation sites is 1. The minimum absolute atomic E-state index is 0.870. The number of nitrogens with one attached hydrogen (secondary N) is 1. The topological polar surface area (TPSA) is 21.3 Å². The number of thioether (sulfide) groups is 1. The summed E-state index contributed by atoms with van der Waals surface area (Å²) < 4.78 is 5.81. The molecule has 0 aliphatic rings. The van der Waals surface area contributed by atoms with Gasteiger partial charge < -0.3 is 10.1 Å². The molecule has 2 aromatic carbocycles. The monoisotopic (exact) mass is 273 g/mol. The number of hydrogen-bond acceptors (Lipinski definition) is 3. The van der Waals surface area contributed by atoms with Gasteiger partial charge in [0, 0.05) is 18.8 Å². The number of ether oxygens (including phenoxy) is 1. The Bertz CT molecular complexity index is 487. The summed E-state index contributed by atoms with van der Waals surface area (Å²) in [6.07, 6.45) is 2.12. The van der Waals surface area contributed by atoms with Crippen LogP contribution in [-0.2, 0) is 6.54 Å². The van der Waals surface area contributed by atoms with Crippen LogP contribution in [0.1, 0.15) is 5.56 Å². The van der Waals surface area contributed by atoms with Crippen LogP contribution in [-0.4, -0.2) is 18.6 Å². The third-order valence-corrected chi connectivity index (χ3v) is 3.30. The Morgan fingerprint density at radius 3 is 2.58 bits per heavy atom. The highest BCUT2D eigenvalue weighted by Crippen LogP contribution is 2.21. The highest BCUT2D eigenvalue weighted by molar-refractivity contribution is 7.98. The van der Waals surface area contributed by atoms with Gasteiger partial charge in [-0.2, -0.15) is 11.8 Å². The molecule has 0 aromatic heterocycles. The van der Waals surface area contributed by atoms with Crippen LogP contribution in [0, 0.1) is 0 Å². The zero-order valence-corrected chi connectivity index (χ0v) is 12.0. The van der Waals surface area contributed by atoms with Gasteiger partial charge in [-0.25, -0.2) is 0 Å². The lowest BCUT2D eigenvalue weighted by atomic mass is 10.2. The molecule has 2 nitrogen and oxygen atoms in total. The fourth-order valence-corrected chi connectivity index (χ4v) is 2.10. The molecule has 2 rings (SSSR count). The maximum Gasteiger partial charge on any atom is 0.127 e. The van der Waals surface area contributed by atoms with E-state index < -0.39 is 0 Å². The second-order valence-electron chi connectivity index (χ2n) is 4.23. The van der Waals surface area contributed by atoms with Crippen LogP contribution in [0.2, 0.25) is 0 Å². The average molecular weight is 273 g/mol. The quantitative estimate of drug-likeness (QED) is 0.772. The molecule has 100 valence electrons. The van der Waals surface area contributed by atoms with E-state index >= 15 is 0 Å². The van der Waals surface area contributed by atoms with E-state index in [1.54, 1.807) is 0 Å². The molecule has 0 unspecified atom stereocenters. The summed E-state index contributed by atoms with van der Waals surface area (Å²) in [6.45, 7) is 1.91. The Morgan fingerprint density at radius 1 is 1.00 bits per heavy atom. The first-order valence-corrected chi connectivity index (χ1v) is 7.79. The molecule has 0 saturated heterocycles. The summed E-state index contributed by atoms with van der Waals surface area (Å²) in [4.78, 5) is 0. The lowest BCUT2D eigenvalue weighted by Gasteiger charge is -2.08. The molecule has 0 atom stereocenters. The van der Waals surface area contributed by atoms with Gasteiger partial charge in [0.25, 0.3) is 0 Å². The van der Waals surface area contributed by atoms with Crippen molar-refractivity contribution in [1.29, 1.82) is 0 Å². The first-order valence-electron chi connectivity index (χ1n) is 6.40. The van der Waals surface area contributed by atoms with Crippen molar-refractivity contribution in [1.82, 2.24) is 5.32 Å². The Balaban J connectivity index is 1.91. The fraction of sp³-hybridized carbons (Fsp3) is 0.250. The number of hydrogen-bond donors (Lipinski definition) is 1. The standard InChI is InChI=1S/C16H19NOS/c1-19-11-10-17-13-14-6-5-9-16(12-14)18-15-7-3-2-4-8-15/h2-9,12,17H,10-11,13H2,1H3. The molecule has 1 N–H and O–H groups in total. The smallest absolute Gasteiger partial charge is 0.127 e. The lowest BCUT2D eigenvalue weighted by Crippen LogP contribution is -2.16. The van der Waals surface area contributed by atoms with Gasteiger partial charge in [-0.1, -0.05) is 30.3 Å². The molecular weight excluding hydrogens is 254 g/mol. The van der Waals surface area contributed by atoms with Crippen molar-refractivity contribution in [3.8, 4) is 11.5 Å². The van der Waals surface area contributed by atoms with Gasteiger partial charge >= 0.3 is 0 Å². The predicted octanol–water partition coefficient (Wildman–Crippen LogP) is 3.93. The Labute approximate surface area is 119 Å². The molecule has 0 fully saturated rings. The summed E-state index contributed by atoms with van der Waals surface area (Å²) >= 11 is 1.85. The first kappa shape index (κ1) is 14.0. The van der Waals surface area contributed by atoms with E-state index in [0.29, 0.717) is 0 Å². The molecule has 19 heavy (non-hydrogen) atoms. The van der Waals surface area contributed by atoms with E-state index in [2.05, 4.69) is 23.7 Å². The van der Waals surface area contributed by atoms with E-state index in [9.17, 15) is 0 Å². The molecular formula is C16H19NOS. The summed E-state index contributed by atoms with van der Waals surface area (Å²) in [7, 11) is 0. The molecule has 0 saturated carbocycles. The normalized spacial score (nSPS) is 10.4. The zero-order valence-electron chi connectivity index (χ0n) is 11.1. The van der Waals surface area contributed by atoms with Crippen molar-refractivity contribution in [3.05, 3.63) is 60.2 Å². The number of benzene rings is 2. The summed E-state index contributed by atoms with van der Waals surface area (Å²) in [6, 6.07) is 18.1. The maximum atomic E-state index is 5.81. The molecule has 0 aliphatic carbocycles. The minimum atomic E-state index is 0.870. The summed E-state index contributed by atoms with van der Waals surface area (Å²) in [5.74, 6) is 2.89. The highest BCUT2D eigenvalue weighted by Gasteiger charge is 1.98. The van der Waals surface area contributed by atoms with Gasteiger partial charge in [-0.15, -0.1) is 0 Å². The van der Waals surface area contributed by atoms with Crippen molar-refractivity contribution in [3.63, 3.8) is 0 Å². The van der Waals surface area contributed by atoms with Gasteiger partial charge in [0.2, 0.25) is 0 Å². The molecule has 0 bridgehead atoms. The van der Waals surface area contributed by atoms with Crippen molar-refractivity contribution in [2.24, 2.45) is 0 Å². The Morgan fingerprint density at radius 2 is 1.79 bits per heavy atom. The molecule has 0 radical (unpaired) electrons. The molecule has 2 aromatic rings. The zero-order chi connectivity index (χ0) is 13.3. The van der Waals surface area contributed by atoms with Gasteiger partial charge in [0.15, 0.2) is 0 Å². The summed E-state index contributed by atoms with van der Waals surface area (Å²) in [5.41, 5.74) is 1.24. The maximum absolute atomic E-state index is 5.81. The molecule has 0 aliphatic heterocycles. The summed E-state index contributed by atoms with van der Waals surface area (Å²) in [5, 5.41) is 3.42. The van der Waals surface area contributed by atoms with Crippen molar-refractivity contribution >= 4 is 11.8 Å². The van der Waals surface area contributed by atoms with Crippen molar-refractivity contribution in [2.75, 3.05) is 18.6 Å². The molecule has 0 spiro atoms. The van der Waals surface area contributed by atoms with E-state index in [4.69, 9.17) is 4.74 Å². The van der Waals surface area contributed by atoms with Crippen LogP contribution in [0.3, 0.4) is 0 Å². The van der Waals surface area contributed by atoms with Gasteiger partial charge in [0.1, 0.15) is 11.5 Å². The SMILES string of the molecule is CSCCNCc1cccc(Oc2ccccc2)c1. The van der Waals surface area contributed by atoms with Gasteiger partial charge in [-0.05, 0) is 36.1 Å². The van der Waals surface area contributed by atoms with Crippen LogP contribution in [0.25, 0.3) is 0 Å². The van der Waals surface area contributed by atoms with E-state index in [1.165, 1.54) is 5.56 Å². The second kappa shape index (κ2) is 7.87. The van der Waals surface area contributed by atoms with Crippen LogP contribution in [0.5, 0.6) is 11.5 Å². The molecule has 0 heterocycles. The van der Waals surface area contributed by atoms with Crippen LogP contribution in [0.15, 0.2) is 54.6 Å². The predicted molar refractivity (Wildman–Crippen MR) is 83.0 cm³/mol. The molecule has 0 amide bonds. The van der Waals surface area contributed by atoms with Gasteiger partial charge in [-0.3, -0.25) is 0 Å². The van der Waals surface area contributed by atoms with Crippen molar-refractivity contribution < 1.29 is 4.74 Å². The second-order valence-corrected chi connectivity index (χ2v) is 5.22. The minimum Gasteiger partial charge on any atom is -0.457 e. The first-order chi connectivity index (χ1) is 9.38. The fourth-order valence-electron chi connectivity index (χ4n) is 1.75. The third-order valence-electron chi connectivity index (χ3n) is 2.69. The van der Waals surface area contributed by atoms with Crippen LogP contribution in [0.4, 0.5) is 0 Å². The number of rotatable bonds is 7. The lowest BCUT2D eigenvalue weighted by molar-refractivity contribution is 0.481. The Kier molecular flexibility index (Phi) is 5.79. The Hall–Kier alpha value is -1.45. The van der Waals surface area contributed by atoms with Gasteiger partial charge in [0.05, 0.1) is 0 Å². The van der Waals surface area contributed by atoms with Crippen molar-refractivity contribution in [2.45, 2.75) is 6.54 Å². The average Bonchev–Trinajstić information content (AvgIpc) is 2.45. The van der Waals surface area contributed by atoms with Crippen LogP contribution < -0.4 is 10.1 Å². The largest absolute Gasteiger partial charge is 0.457 e. The van der Waals surface area contributed by atoms with Crippen LogP contribution >= 0.6 is 11.8 Å². The van der Waals surface area contributed by atoms with E-state index in [1.807, 2.05) is 54.2 Å². The van der Waals surface area contributed by atoms with E-state index in [-0.39, 0.29) is 0 Å². The highest BCUT2D eigenvalue weighted by atomic mass is 32.2.